The van der Waals surface area contributed by atoms with Gasteiger partial charge in [0.2, 0.25) is 0 Å². The highest BCUT2D eigenvalue weighted by atomic mass is 16.5. The topological polar surface area (TPSA) is 81.1 Å². The minimum absolute atomic E-state index is 0.302. The maximum absolute atomic E-state index is 12.5. The van der Waals surface area contributed by atoms with Crippen LogP contribution in [-0.2, 0) is 14.3 Å². The Kier molecular flexibility index (Phi) is 5.35. The second-order valence-electron chi connectivity index (χ2n) is 6.31. The third-order valence-corrected chi connectivity index (χ3v) is 4.69. The lowest BCUT2D eigenvalue weighted by molar-refractivity contribution is -0.903. The highest BCUT2D eigenvalue weighted by molar-refractivity contribution is 5.95. The largest absolute Gasteiger partial charge is 0.466 e. The van der Waals surface area contributed by atoms with Crippen LogP contribution in [-0.4, -0.2) is 52.0 Å². The number of hydrogen-bond donors (Lipinski definition) is 3. The van der Waals surface area contributed by atoms with E-state index < -0.39 is 12.0 Å². The number of aryl methyl sites for hydroxylation is 1. The van der Waals surface area contributed by atoms with Crippen molar-refractivity contribution in [1.82, 2.24) is 10.6 Å². The van der Waals surface area contributed by atoms with Crippen molar-refractivity contribution in [3.8, 4) is 0 Å². The predicted molar refractivity (Wildman–Crippen MR) is 91.0 cm³/mol. The molecule has 0 radical (unpaired) electrons. The smallest absolute Gasteiger partial charge is 0.338 e. The number of ether oxygens (including phenoxy) is 2. The summed E-state index contributed by atoms with van der Waals surface area (Å²) in [5.41, 5.74) is 3.00. The number of urea groups is 1. The van der Waals surface area contributed by atoms with E-state index in [4.69, 9.17) is 9.47 Å². The molecule has 1 aromatic carbocycles. The number of quaternary nitrogens is 1. The Hall–Kier alpha value is -2.38. The van der Waals surface area contributed by atoms with Crippen LogP contribution in [0.25, 0.3) is 0 Å². The SMILES string of the molecule is COC(=O)C1=C(C[NH+]2CCOCC2)NC(=O)N[C@H]1c1ccccc1C. The van der Waals surface area contributed by atoms with Gasteiger partial charge < -0.3 is 25.0 Å². The molecule has 1 fully saturated rings. The molecule has 1 saturated heterocycles. The van der Waals surface area contributed by atoms with E-state index in [1.54, 1.807) is 0 Å². The number of nitrogens with one attached hydrogen (secondary N) is 3. The number of morpholine rings is 1. The molecule has 0 unspecified atom stereocenters. The first-order valence-corrected chi connectivity index (χ1v) is 8.46. The standard InChI is InChI=1S/C18H23N3O4/c1-12-5-3-4-6-13(12)16-15(17(22)24-2)14(19-18(23)20-16)11-21-7-9-25-10-8-21/h3-6,16H,7-11H2,1-2H3,(H2,19,20,23)/p+1/t16-/m0/s1. The van der Waals surface area contributed by atoms with Crippen molar-refractivity contribution >= 4 is 12.0 Å². The molecule has 2 amide bonds. The second-order valence-corrected chi connectivity index (χ2v) is 6.31. The first-order valence-electron chi connectivity index (χ1n) is 8.46. The van der Waals surface area contributed by atoms with Gasteiger partial charge in [-0.1, -0.05) is 24.3 Å². The van der Waals surface area contributed by atoms with Gasteiger partial charge in [0.1, 0.15) is 19.6 Å². The van der Waals surface area contributed by atoms with Crippen molar-refractivity contribution in [2.45, 2.75) is 13.0 Å². The van der Waals surface area contributed by atoms with Gasteiger partial charge in [-0.25, -0.2) is 9.59 Å². The number of carbonyl (C=O) groups excluding carboxylic acids is 2. The molecule has 1 aromatic rings. The fourth-order valence-corrected chi connectivity index (χ4v) is 3.34. The zero-order valence-corrected chi connectivity index (χ0v) is 14.6. The lowest BCUT2D eigenvalue weighted by Gasteiger charge is -2.32. The highest BCUT2D eigenvalue weighted by Gasteiger charge is 2.35. The lowest BCUT2D eigenvalue weighted by atomic mass is 9.92. The summed E-state index contributed by atoms with van der Waals surface area (Å²) in [7, 11) is 1.36. The number of carbonyl (C=O) groups is 2. The molecule has 3 N–H and O–H groups in total. The van der Waals surface area contributed by atoms with Crippen LogP contribution in [0, 0.1) is 6.92 Å². The highest BCUT2D eigenvalue weighted by Crippen LogP contribution is 2.29. The molecule has 2 heterocycles. The number of rotatable bonds is 4. The minimum Gasteiger partial charge on any atom is -0.466 e. The molecule has 0 saturated carbocycles. The van der Waals surface area contributed by atoms with Crippen LogP contribution < -0.4 is 15.5 Å². The molecular formula is C18H24N3O4+. The van der Waals surface area contributed by atoms with E-state index in [1.165, 1.54) is 12.0 Å². The number of esters is 1. The first kappa shape index (κ1) is 17.4. The quantitative estimate of drug-likeness (QED) is 0.654. The Morgan fingerprint density at radius 1 is 1.32 bits per heavy atom. The van der Waals surface area contributed by atoms with Crippen LogP contribution in [0.2, 0.25) is 0 Å². The molecule has 0 aliphatic carbocycles. The van der Waals surface area contributed by atoms with Crippen LogP contribution in [0.3, 0.4) is 0 Å². The molecule has 0 aromatic heterocycles. The third kappa shape index (κ3) is 3.83. The van der Waals surface area contributed by atoms with Gasteiger partial charge in [-0.05, 0) is 18.1 Å². The van der Waals surface area contributed by atoms with Gasteiger partial charge in [0.25, 0.3) is 0 Å². The van der Waals surface area contributed by atoms with Gasteiger partial charge in [-0.15, -0.1) is 0 Å². The molecule has 2 aliphatic rings. The molecule has 7 heteroatoms. The third-order valence-electron chi connectivity index (χ3n) is 4.69. The van der Waals surface area contributed by atoms with Crippen LogP contribution in [0.5, 0.6) is 0 Å². The van der Waals surface area contributed by atoms with Crippen molar-refractivity contribution in [2.24, 2.45) is 0 Å². The summed E-state index contributed by atoms with van der Waals surface area (Å²) in [6.07, 6.45) is 0. The van der Waals surface area contributed by atoms with E-state index in [-0.39, 0.29) is 6.03 Å². The number of methoxy groups -OCH3 is 1. The van der Waals surface area contributed by atoms with Crippen LogP contribution >= 0.6 is 0 Å². The molecular weight excluding hydrogens is 322 g/mol. The van der Waals surface area contributed by atoms with Crippen LogP contribution in [0.15, 0.2) is 35.5 Å². The Morgan fingerprint density at radius 2 is 2.04 bits per heavy atom. The zero-order valence-electron chi connectivity index (χ0n) is 14.6. The van der Waals surface area contributed by atoms with Crippen LogP contribution in [0.1, 0.15) is 17.2 Å². The van der Waals surface area contributed by atoms with Gasteiger partial charge in [-0.2, -0.15) is 0 Å². The minimum atomic E-state index is -0.516. The normalized spacial score (nSPS) is 21.5. The average molecular weight is 346 g/mol. The molecule has 25 heavy (non-hydrogen) atoms. The summed E-state index contributed by atoms with van der Waals surface area (Å²) < 4.78 is 10.4. The Morgan fingerprint density at radius 3 is 2.72 bits per heavy atom. The second kappa shape index (κ2) is 7.67. The van der Waals surface area contributed by atoms with E-state index in [1.807, 2.05) is 31.2 Å². The molecule has 0 bridgehead atoms. The van der Waals surface area contributed by atoms with Crippen molar-refractivity contribution in [3.05, 3.63) is 46.7 Å². The monoisotopic (exact) mass is 346 g/mol. The van der Waals surface area contributed by atoms with Gasteiger partial charge in [0, 0.05) is 0 Å². The maximum atomic E-state index is 12.5. The maximum Gasteiger partial charge on any atom is 0.338 e. The molecule has 7 nitrogen and oxygen atoms in total. The van der Waals surface area contributed by atoms with Crippen molar-refractivity contribution in [2.75, 3.05) is 40.0 Å². The summed E-state index contributed by atoms with van der Waals surface area (Å²) >= 11 is 0. The molecule has 2 aliphatic heterocycles. The van der Waals surface area contributed by atoms with Crippen molar-refractivity contribution < 1.29 is 24.0 Å². The van der Waals surface area contributed by atoms with Gasteiger partial charge in [0.05, 0.1) is 37.6 Å². The predicted octanol–water partition coefficient (Wildman–Crippen LogP) is -0.309. The first-order chi connectivity index (χ1) is 12.1. The molecule has 3 rings (SSSR count). The number of amides is 2. The zero-order chi connectivity index (χ0) is 17.8. The molecule has 134 valence electrons. The molecule has 0 spiro atoms. The van der Waals surface area contributed by atoms with E-state index in [0.717, 1.165) is 24.2 Å². The fraction of sp³-hybridized carbons (Fsp3) is 0.444. The van der Waals surface area contributed by atoms with Crippen LogP contribution in [0.4, 0.5) is 4.79 Å². The van der Waals surface area contributed by atoms with Gasteiger partial charge in [0.15, 0.2) is 0 Å². The average Bonchev–Trinajstić information content (AvgIpc) is 2.62. The number of hydrogen-bond acceptors (Lipinski definition) is 4. The van der Waals surface area contributed by atoms with E-state index >= 15 is 0 Å². The Labute approximate surface area is 147 Å². The van der Waals surface area contributed by atoms with Crippen molar-refractivity contribution in [3.63, 3.8) is 0 Å². The summed E-state index contributed by atoms with van der Waals surface area (Å²) in [6.45, 7) is 5.58. The Bertz CT molecular complexity index is 695. The van der Waals surface area contributed by atoms with Gasteiger partial charge in [-0.3, -0.25) is 0 Å². The molecule has 1 atom stereocenters. The Balaban J connectivity index is 2.00. The number of benzene rings is 1. The van der Waals surface area contributed by atoms with E-state index in [2.05, 4.69) is 10.6 Å². The summed E-state index contributed by atoms with van der Waals surface area (Å²) in [6, 6.07) is 6.90. The van der Waals surface area contributed by atoms with Crippen molar-refractivity contribution in [1.29, 1.82) is 0 Å². The van der Waals surface area contributed by atoms with E-state index in [9.17, 15) is 9.59 Å². The fourth-order valence-electron chi connectivity index (χ4n) is 3.34. The summed E-state index contributed by atoms with van der Waals surface area (Å²) in [4.78, 5) is 26.0. The lowest BCUT2D eigenvalue weighted by Crippen LogP contribution is -3.14. The van der Waals surface area contributed by atoms with E-state index in [0.29, 0.717) is 31.0 Å². The van der Waals surface area contributed by atoms with Gasteiger partial charge >= 0.3 is 12.0 Å². The summed E-state index contributed by atoms with van der Waals surface area (Å²) in [5, 5.41) is 5.68. The summed E-state index contributed by atoms with van der Waals surface area (Å²) in [5.74, 6) is -0.427.